The number of halogens is 1. The van der Waals surface area contributed by atoms with Gasteiger partial charge in [0.2, 0.25) is 5.91 Å². The van der Waals surface area contributed by atoms with E-state index in [1.165, 1.54) is 16.5 Å². The number of hydrogen-bond acceptors (Lipinski definition) is 5. The van der Waals surface area contributed by atoms with Gasteiger partial charge >= 0.3 is 0 Å². The zero-order chi connectivity index (χ0) is 22.0. The number of amides is 1. The summed E-state index contributed by atoms with van der Waals surface area (Å²) in [7, 11) is 0. The van der Waals surface area contributed by atoms with Crippen LogP contribution < -0.4 is 10.9 Å². The zero-order valence-electron chi connectivity index (χ0n) is 17.2. The number of carbonyl (C=O) groups excluding carboxylic acids is 1. The highest BCUT2D eigenvalue weighted by molar-refractivity contribution is 9.10. The standard InChI is InChI=1S/C23H21BrN4O3/c1-3-15-4-6-16(7-5-15)20-21-22(31-27-20)23(30)28(13-25-21)11-10-19(29)26-17-8-9-18(24)14(2)12-17/h4-9,12-13H,3,10-11H2,1-2H3,(H,26,29). The molecule has 0 atom stereocenters. The van der Waals surface area contributed by atoms with E-state index < -0.39 is 0 Å². The Balaban J connectivity index is 1.49. The molecule has 0 aliphatic carbocycles. The summed E-state index contributed by atoms with van der Waals surface area (Å²) in [5.74, 6) is -0.192. The Bertz CT molecular complexity index is 1310. The van der Waals surface area contributed by atoms with Crippen molar-refractivity contribution in [1.82, 2.24) is 14.7 Å². The van der Waals surface area contributed by atoms with Gasteiger partial charge in [-0.15, -0.1) is 0 Å². The maximum Gasteiger partial charge on any atom is 0.299 e. The monoisotopic (exact) mass is 480 g/mol. The Morgan fingerprint density at radius 2 is 1.97 bits per heavy atom. The fourth-order valence-corrected chi connectivity index (χ4v) is 3.52. The zero-order valence-corrected chi connectivity index (χ0v) is 18.8. The third kappa shape index (κ3) is 4.44. The normalized spacial score (nSPS) is 11.1. The van der Waals surface area contributed by atoms with E-state index in [4.69, 9.17) is 4.52 Å². The molecule has 1 N–H and O–H groups in total. The SMILES string of the molecule is CCc1ccc(-c2noc3c(=O)n(CCC(=O)Nc4ccc(Br)c(C)c4)cnc23)cc1. The summed E-state index contributed by atoms with van der Waals surface area (Å²) in [6.07, 6.45) is 2.50. The number of nitrogens with one attached hydrogen (secondary N) is 1. The van der Waals surface area contributed by atoms with Gasteiger partial charge in [0.15, 0.2) is 0 Å². The van der Waals surface area contributed by atoms with Crippen LogP contribution in [0.1, 0.15) is 24.5 Å². The van der Waals surface area contributed by atoms with E-state index in [0.717, 1.165) is 22.0 Å². The third-order valence-electron chi connectivity index (χ3n) is 5.11. The molecule has 158 valence electrons. The minimum Gasteiger partial charge on any atom is -0.348 e. The van der Waals surface area contributed by atoms with Gasteiger partial charge in [0.05, 0.1) is 6.33 Å². The van der Waals surface area contributed by atoms with Crippen molar-refractivity contribution in [2.75, 3.05) is 5.32 Å². The highest BCUT2D eigenvalue weighted by atomic mass is 79.9. The van der Waals surface area contributed by atoms with Crippen molar-refractivity contribution < 1.29 is 9.32 Å². The molecule has 7 nitrogen and oxygen atoms in total. The average Bonchev–Trinajstić information content (AvgIpc) is 3.21. The van der Waals surface area contributed by atoms with E-state index in [1.807, 2.05) is 49.4 Å². The molecule has 0 saturated carbocycles. The van der Waals surface area contributed by atoms with Crippen LogP contribution in [0.2, 0.25) is 0 Å². The molecule has 31 heavy (non-hydrogen) atoms. The summed E-state index contributed by atoms with van der Waals surface area (Å²) in [6.45, 7) is 4.22. The lowest BCUT2D eigenvalue weighted by atomic mass is 10.1. The average molecular weight is 481 g/mol. The molecule has 4 aromatic rings. The Kier molecular flexibility index (Phi) is 5.99. The van der Waals surface area contributed by atoms with E-state index in [1.54, 1.807) is 0 Å². The lowest BCUT2D eigenvalue weighted by Crippen LogP contribution is -2.23. The van der Waals surface area contributed by atoms with Crippen LogP contribution in [0.4, 0.5) is 5.69 Å². The van der Waals surface area contributed by atoms with Crippen molar-refractivity contribution in [2.24, 2.45) is 0 Å². The maximum atomic E-state index is 12.8. The minimum atomic E-state index is -0.360. The highest BCUT2D eigenvalue weighted by Gasteiger charge is 2.17. The number of benzene rings is 2. The minimum absolute atomic E-state index is 0.0843. The first kappa shape index (κ1) is 21.0. The predicted octanol–water partition coefficient (Wildman–Crippen LogP) is 4.71. The molecule has 2 aromatic carbocycles. The third-order valence-corrected chi connectivity index (χ3v) is 6.00. The first-order chi connectivity index (χ1) is 15.0. The molecular weight excluding hydrogens is 460 g/mol. The van der Waals surface area contributed by atoms with Gasteiger partial charge in [0.1, 0.15) is 11.2 Å². The Morgan fingerprint density at radius 3 is 2.68 bits per heavy atom. The first-order valence-electron chi connectivity index (χ1n) is 9.96. The fraction of sp³-hybridized carbons (Fsp3) is 0.217. The van der Waals surface area contributed by atoms with Crippen LogP contribution >= 0.6 is 15.9 Å². The summed E-state index contributed by atoms with van der Waals surface area (Å²) in [5, 5.41) is 6.90. The molecule has 0 bridgehead atoms. The lowest BCUT2D eigenvalue weighted by Gasteiger charge is -2.08. The van der Waals surface area contributed by atoms with Crippen LogP contribution in [-0.2, 0) is 17.8 Å². The number of aryl methyl sites for hydroxylation is 3. The highest BCUT2D eigenvalue weighted by Crippen LogP contribution is 2.25. The summed E-state index contributed by atoms with van der Waals surface area (Å²) < 4.78 is 7.65. The molecule has 8 heteroatoms. The molecule has 0 spiro atoms. The van der Waals surface area contributed by atoms with E-state index in [0.29, 0.717) is 16.9 Å². The number of aromatic nitrogens is 3. The molecule has 2 heterocycles. The molecule has 0 radical (unpaired) electrons. The maximum absolute atomic E-state index is 12.8. The van der Waals surface area contributed by atoms with Crippen molar-refractivity contribution >= 4 is 38.6 Å². The number of carbonyl (C=O) groups is 1. The molecule has 4 rings (SSSR count). The van der Waals surface area contributed by atoms with Crippen LogP contribution in [0.5, 0.6) is 0 Å². The fourth-order valence-electron chi connectivity index (χ4n) is 3.27. The summed E-state index contributed by atoms with van der Waals surface area (Å²) in [5.41, 5.74) is 4.45. The van der Waals surface area contributed by atoms with Crippen molar-refractivity contribution in [3.8, 4) is 11.3 Å². The molecule has 0 aliphatic heterocycles. The van der Waals surface area contributed by atoms with Gasteiger partial charge in [-0.3, -0.25) is 14.2 Å². The van der Waals surface area contributed by atoms with Crippen LogP contribution in [0, 0.1) is 6.92 Å². The van der Waals surface area contributed by atoms with Gasteiger partial charge < -0.3 is 9.84 Å². The predicted molar refractivity (Wildman–Crippen MR) is 123 cm³/mol. The smallest absolute Gasteiger partial charge is 0.299 e. The van der Waals surface area contributed by atoms with Gasteiger partial charge in [0, 0.05) is 28.7 Å². The molecule has 0 aliphatic rings. The van der Waals surface area contributed by atoms with Crippen molar-refractivity contribution in [2.45, 2.75) is 33.2 Å². The van der Waals surface area contributed by atoms with Crippen LogP contribution in [0.25, 0.3) is 22.4 Å². The Morgan fingerprint density at radius 1 is 1.19 bits per heavy atom. The number of nitrogens with zero attached hydrogens (tertiary/aromatic N) is 3. The van der Waals surface area contributed by atoms with E-state index in [9.17, 15) is 9.59 Å². The largest absolute Gasteiger partial charge is 0.348 e. The number of hydrogen-bond donors (Lipinski definition) is 1. The topological polar surface area (TPSA) is 90.0 Å². The lowest BCUT2D eigenvalue weighted by molar-refractivity contribution is -0.116. The van der Waals surface area contributed by atoms with Crippen LogP contribution in [0.15, 0.2) is 62.6 Å². The van der Waals surface area contributed by atoms with Crippen molar-refractivity contribution in [3.05, 3.63) is 74.7 Å². The molecule has 0 unspecified atom stereocenters. The van der Waals surface area contributed by atoms with Gasteiger partial charge in [0.25, 0.3) is 11.1 Å². The Labute approximate surface area is 187 Å². The quantitative estimate of drug-likeness (QED) is 0.431. The second kappa shape index (κ2) is 8.85. The van der Waals surface area contributed by atoms with E-state index in [2.05, 4.69) is 38.3 Å². The van der Waals surface area contributed by atoms with Gasteiger partial charge in [-0.1, -0.05) is 52.3 Å². The summed E-state index contributed by atoms with van der Waals surface area (Å²) >= 11 is 3.44. The number of fused-ring (bicyclic) bond motifs is 1. The van der Waals surface area contributed by atoms with Crippen molar-refractivity contribution in [1.29, 1.82) is 0 Å². The van der Waals surface area contributed by atoms with Gasteiger partial charge in [-0.05, 0) is 42.7 Å². The first-order valence-corrected chi connectivity index (χ1v) is 10.8. The second-order valence-corrected chi connectivity index (χ2v) is 8.12. The summed E-state index contributed by atoms with van der Waals surface area (Å²) in [4.78, 5) is 29.5. The molecular formula is C23H21BrN4O3. The van der Waals surface area contributed by atoms with Crippen molar-refractivity contribution in [3.63, 3.8) is 0 Å². The number of anilines is 1. The second-order valence-electron chi connectivity index (χ2n) is 7.26. The van der Waals surface area contributed by atoms with Crippen LogP contribution in [-0.4, -0.2) is 20.6 Å². The van der Waals surface area contributed by atoms with E-state index >= 15 is 0 Å². The molecule has 0 fully saturated rings. The number of rotatable bonds is 6. The van der Waals surface area contributed by atoms with E-state index in [-0.39, 0.29) is 30.0 Å². The summed E-state index contributed by atoms with van der Waals surface area (Å²) in [6, 6.07) is 13.5. The van der Waals surface area contributed by atoms with Crippen LogP contribution in [0.3, 0.4) is 0 Å². The molecule has 1 amide bonds. The Hall–Kier alpha value is -3.26. The van der Waals surface area contributed by atoms with Gasteiger partial charge in [-0.25, -0.2) is 4.98 Å². The van der Waals surface area contributed by atoms with Gasteiger partial charge in [-0.2, -0.15) is 0 Å². The molecule has 2 aromatic heterocycles. The molecule has 0 saturated heterocycles.